The minimum absolute atomic E-state index is 0.0571. The number of rotatable bonds is 3. The van der Waals surface area contributed by atoms with E-state index in [9.17, 15) is 9.90 Å². The topological polar surface area (TPSA) is 88.8 Å². The summed E-state index contributed by atoms with van der Waals surface area (Å²) in [7, 11) is 0. The molecule has 5 heteroatoms. The molecule has 0 fully saturated rings. The molecule has 0 bridgehead atoms. The predicted octanol–water partition coefficient (Wildman–Crippen LogP) is 2.72. The molecule has 1 aromatic heterocycles. The Morgan fingerprint density at radius 2 is 1.61 bits per heavy atom. The molecular formula is C18H14N2O3. The molecule has 3 rings (SSSR count). The van der Waals surface area contributed by atoms with Gasteiger partial charge in [0.15, 0.2) is 0 Å². The first-order chi connectivity index (χ1) is 11.2. The highest BCUT2D eigenvalue weighted by Gasteiger charge is 2.19. The summed E-state index contributed by atoms with van der Waals surface area (Å²) in [5, 5.41) is 13.9. The molecule has 0 radical (unpaired) electrons. The zero-order valence-electron chi connectivity index (χ0n) is 12.1. The van der Waals surface area contributed by atoms with Crippen LogP contribution in [0.15, 0.2) is 81.0 Å². The van der Waals surface area contributed by atoms with Gasteiger partial charge >= 0.3 is 5.63 Å². The van der Waals surface area contributed by atoms with E-state index in [1.807, 2.05) is 24.3 Å². The number of hydrogen-bond donors (Lipinski definition) is 2. The van der Waals surface area contributed by atoms with Gasteiger partial charge in [0.25, 0.3) is 0 Å². The lowest BCUT2D eigenvalue weighted by Gasteiger charge is -2.08. The van der Waals surface area contributed by atoms with Crippen molar-refractivity contribution in [1.82, 2.24) is 0 Å². The molecule has 0 unspecified atom stereocenters. The predicted molar refractivity (Wildman–Crippen MR) is 88.3 cm³/mol. The van der Waals surface area contributed by atoms with Crippen molar-refractivity contribution >= 4 is 5.71 Å². The first kappa shape index (κ1) is 14.6. The van der Waals surface area contributed by atoms with Crippen molar-refractivity contribution in [3.63, 3.8) is 0 Å². The Kier molecular flexibility index (Phi) is 3.93. The first-order valence-corrected chi connectivity index (χ1v) is 6.97. The summed E-state index contributed by atoms with van der Waals surface area (Å²) < 4.78 is 5.33. The average Bonchev–Trinajstić information content (AvgIpc) is 2.59. The van der Waals surface area contributed by atoms with E-state index < -0.39 is 5.63 Å². The van der Waals surface area contributed by atoms with E-state index in [0.717, 1.165) is 0 Å². The van der Waals surface area contributed by atoms with Gasteiger partial charge in [-0.1, -0.05) is 60.7 Å². The van der Waals surface area contributed by atoms with Crippen molar-refractivity contribution < 1.29 is 9.52 Å². The normalized spacial score (nSPS) is 11.4. The monoisotopic (exact) mass is 306 g/mol. The van der Waals surface area contributed by atoms with Crippen molar-refractivity contribution in [2.75, 3.05) is 0 Å². The molecule has 3 N–H and O–H groups in total. The van der Waals surface area contributed by atoms with Gasteiger partial charge in [-0.3, -0.25) is 0 Å². The van der Waals surface area contributed by atoms with E-state index in [2.05, 4.69) is 5.10 Å². The maximum atomic E-state index is 12.3. The number of hydrazone groups is 1. The van der Waals surface area contributed by atoms with Crippen molar-refractivity contribution in [3.05, 3.63) is 88.3 Å². The Morgan fingerprint density at radius 3 is 2.17 bits per heavy atom. The van der Waals surface area contributed by atoms with Gasteiger partial charge in [-0.15, -0.1) is 0 Å². The standard InChI is InChI=1S/C18H14N2O3/c19-20-17(13-9-5-2-6-10-13)16-14(21)11-15(23-18(16)22)12-7-3-1-4-8-12/h1-11,21H,19H2. The van der Waals surface area contributed by atoms with Gasteiger partial charge in [-0.05, 0) is 0 Å². The second-order valence-corrected chi connectivity index (χ2v) is 4.87. The van der Waals surface area contributed by atoms with Crippen LogP contribution in [0.4, 0.5) is 0 Å². The molecule has 0 saturated carbocycles. The van der Waals surface area contributed by atoms with Crippen LogP contribution in [0.1, 0.15) is 11.1 Å². The van der Waals surface area contributed by atoms with Crippen LogP contribution in [-0.2, 0) is 0 Å². The Hall–Kier alpha value is -3.34. The molecule has 0 aliphatic carbocycles. The van der Waals surface area contributed by atoms with Crippen LogP contribution >= 0.6 is 0 Å². The number of aromatic hydroxyl groups is 1. The summed E-state index contributed by atoms with van der Waals surface area (Å²) in [6.45, 7) is 0. The zero-order chi connectivity index (χ0) is 16.2. The Balaban J connectivity index is 2.13. The van der Waals surface area contributed by atoms with Gasteiger partial charge in [-0.25, -0.2) is 4.79 Å². The Morgan fingerprint density at radius 1 is 1.00 bits per heavy atom. The van der Waals surface area contributed by atoms with E-state index >= 15 is 0 Å². The highest BCUT2D eigenvalue weighted by molar-refractivity contribution is 6.14. The summed E-state index contributed by atoms with van der Waals surface area (Å²) in [4.78, 5) is 12.3. The minimum Gasteiger partial charge on any atom is -0.507 e. The molecule has 0 aliphatic heterocycles. The third-order valence-corrected chi connectivity index (χ3v) is 3.40. The highest BCUT2D eigenvalue weighted by atomic mass is 16.4. The third kappa shape index (κ3) is 2.85. The number of nitrogens with two attached hydrogens (primary N) is 1. The summed E-state index contributed by atoms with van der Waals surface area (Å²) in [5.74, 6) is 5.47. The number of hydrogen-bond acceptors (Lipinski definition) is 5. The fraction of sp³-hybridized carbons (Fsp3) is 0. The first-order valence-electron chi connectivity index (χ1n) is 6.97. The maximum Gasteiger partial charge on any atom is 0.349 e. The van der Waals surface area contributed by atoms with Gasteiger partial charge in [0.05, 0.1) is 0 Å². The van der Waals surface area contributed by atoms with Crippen LogP contribution in [0, 0.1) is 0 Å². The second kappa shape index (κ2) is 6.19. The highest BCUT2D eigenvalue weighted by Crippen LogP contribution is 2.25. The van der Waals surface area contributed by atoms with Crippen LogP contribution in [-0.4, -0.2) is 10.8 Å². The van der Waals surface area contributed by atoms with Gasteiger partial charge in [-0.2, -0.15) is 5.10 Å². The summed E-state index contributed by atoms with van der Waals surface area (Å²) in [6.07, 6.45) is 0. The van der Waals surface area contributed by atoms with E-state index in [-0.39, 0.29) is 22.8 Å². The molecule has 5 nitrogen and oxygen atoms in total. The van der Waals surface area contributed by atoms with Crippen LogP contribution in [0.5, 0.6) is 5.75 Å². The smallest absolute Gasteiger partial charge is 0.349 e. The molecule has 0 aliphatic rings. The molecule has 0 saturated heterocycles. The van der Waals surface area contributed by atoms with E-state index in [0.29, 0.717) is 11.1 Å². The van der Waals surface area contributed by atoms with Crippen molar-refractivity contribution in [3.8, 4) is 17.1 Å². The largest absolute Gasteiger partial charge is 0.507 e. The second-order valence-electron chi connectivity index (χ2n) is 4.87. The zero-order valence-corrected chi connectivity index (χ0v) is 12.1. The molecule has 0 amide bonds. The van der Waals surface area contributed by atoms with Gasteiger partial charge < -0.3 is 15.4 Å². The van der Waals surface area contributed by atoms with Crippen LogP contribution in [0.3, 0.4) is 0 Å². The van der Waals surface area contributed by atoms with E-state index in [1.54, 1.807) is 36.4 Å². The lowest BCUT2D eigenvalue weighted by molar-refractivity contribution is 0.451. The summed E-state index contributed by atoms with van der Waals surface area (Å²) >= 11 is 0. The molecule has 0 spiro atoms. The van der Waals surface area contributed by atoms with Gasteiger partial charge in [0.2, 0.25) is 0 Å². The van der Waals surface area contributed by atoms with Crippen molar-refractivity contribution in [1.29, 1.82) is 0 Å². The van der Waals surface area contributed by atoms with Crippen LogP contribution in [0.2, 0.25) is 0 Å². The molecule has 3 aromatic rings. The fourth-order valence-corrected chi connectivity index (χ4v) is 2.32. The number of benzene rings is 2. The SMILES string of the molecule is NN=C(c1ccccc1)c1c(O)cc(-c2ccccc2)oc1=O. The molecule has 1 heterocycles. The Bertz CT molecular complexity index is 901. The molecule has 0 atom stereocenters. The van der Waals surface area contributed by atoms with Crippen molar-refractivity contribution in [2.24, 2.45) is 10.9 Å². The number of nitrogens with zero attached hydrogens (tertiary/aromatic N) is 1. The summed E-state index contributed by atoms with van der Waals surface area (Å²) in [6, 6.07) is 19.3. The minimum atomic E-state index is -0.697. The molecule has 23 heavy (non-hydrogen) atoms. The molecule has 114 valence electrons. The third-order valence-electron chi connectivity index (χ3n) is 3.40. The lowest BCUT2D eigenvalue weighted by atomic mass is 10.0. The van der Waals surface area contributed by atoms with E-state index in [1.165, 1.54) is 6.07 Å². The van der Waals surface area contributed by atoms with E-state index in [4.69, 9.17) is 10.3 Å². The summed E-state index contributed by atoms with van der Waals surface area (Å²) in [5.41, 5.74) is 0.731. The molecular weight excluding hydrogens is 292 g/mol. The fourth-order valence-electron chi connectivity index (χ4n) is 2.32. The van der Waals surface area contributed by atoms with Crippen LogP contribution in [0.25, 0.3) is 11.3 Å². The van der Waals surface area contributed by atoms with Gasteiger partial charge in [0.1, 0.15) is 22.8 Å². The maximum absolute atomic E-state index is 12.3. The quantitative estimate of drug-likeness (QED) is 0.442. The average molecular weight is 306 g/mol. The lowest BCUT2D eigenvalue weighted by Crippen LogP contribution is -2.17. The molecule has 2 aromatic carbocycles. The van der Waals surface area contributed by atoms with Crippen molar-refractivity contribution in [2.45, 2.75) is 0 Å². The van der Waals surface area contributed by atoms with Gasteiger partial charge in [0, 0.05) is 17.2 Å². The Labute approximate surface area is 132 Å². The van der Waals surface area contributed by atoms with Crippen LogP contribution < -0.4 is 11.5 Å².